The van der Waals surface area contributed by atoms with Gasteiger partial charge < -0.3 is 9.32 Å². The van der Waals surface area contributed by atoms with Crippen LogP contribution in [0, 0.1) is 19.7 Å². The first-order valence-electron chi connectivity index (χ1n) is 9.90. The van der Waals surface area contributed by atoms with Crippen LogP contribution >= 0.6 is 11.3 Å². The second-order valence-electron chi connectivity index (χ2n) is 7.51. The summed E-state index contributed by atoms with van der Waals surface area (Å²) in [5.74, 6) is 1.42. The average Bonchev–Trinajstić information content (AvgIpc) is 3.41. The van der Waals surface area contributed by atoms with Gasteiger partial charge in [-0.25, -0.2) is 9.18 Å². The van der Waals surface area contributed by atoms with Crippen molar-refractivity contribution in [2.24, 2.45) is 0 Å². The Morgan fingerprint density at radius 1 is 1.13 bits per heavy atom. The van der Waals surface area contributed by atoms with Crippen LogP contribution in [0.2, 0.25) is 0 Å². The monoisotopic (exact) mass is 426 g/mol. The zero-order valence-corrected chi connectivity index (χ0v) is 17.8. The molecule has 0 bridgehead atoms. The Bertz CT molecular complexity index is 1070. The Labute approximate surface area is 178 Å². The third-order valence-corrected chi connectivity index (χ3v) is 6.50. The SMILES string of the molecule is Cc1ccc(CCC(=O)c2sc(N3CCN(Cc4ccc(F)cc4)C3=O)cc2C)o1. The predicted octanol–water partition coefficient (Wildman–Crippen LogP) is 5.35. The fourth-order valence-electron chi connectivity index (χ4n) is 3.59. The summed E-state index contributed by atoms with van der Waals surface area (Å²) >= 11 is 1.37. The van der Waals surface area contributed by atoms with E-state index in [2.05, 4.69) is 0 Å². The largest absolute Gasteiger partial charge is 0.466 e. The van der Waals surface area contributed by atoms with E-state index >= 15 is 0 Å². The summed E-state index contributed by atoms with van der Waals surface area (Å²) in [5.41, 5.74) is 1.78. The van der Waals surface area contributed by atoms with Crippen LogP contribution in [0.3, 0.4) is 0 Å². The number of nitrogens with zero attached hydrogens (tertiary/aromatic N) is 2. The Morgan fingerprint density at radius 2 is 1.90 bits per heavy atom. The van der Waals surface area contributed by atoms with Crippen molar-refractivity contribution in [2.75, 3.05) is 18.0 Å². The molecule has 3 heterocycles. The number of furan rings is 1. The van der Waals surface area contributed by atoms with E-state index in [1.807, 2.05) is 32.0 Å². The van der Waals surface area contributed by atoms with Crippen molar-refractivity contribution in [1.29, 1.82) is 0 Å². The summed E-state index contributed by atoms with van der Waals surface area (Å²) in [6, 6.07) is 11.8. The van der Waals surface area contributed by atoms with Crippen LogP contribution in [0.25, 0.3) is 0 Å². The Morgan fingerprint density at radius 3 is 2.60 bits per heavy atom. The lowest BCUT2D eigenvalue weighted by molar-refractivity contribution is 0.0984. The predicted molar refractivity (Wildman–Crippen MR) is 115 cm³/mol. The number of ketones is 1. The third kappa shape index (κ3) is 4.31. The van der Waals surface area contributed by atoms with E-state index in [0.29, 0.717) is 37.4 Å². The molecule has 1 aliphatic heterocycles. The van der Waals surface area contributed by atoms with Gasteiger partial charge in [0.05, 0.1) is 9.88 Å². The van der Waals surface area contributed by atoms with Crippen LogP contribution in [0.5, 0.6) is 0 Å². The van der Waals surface area contributed by atoms with Gasteiger partial charge in [0.1, 0.15) is 17.3 Å². The lowest BCUT2D eigenvalue weighted by Gasteiger charge is -2.17. The molecule has 1 fully saturated rings. The molecular formula is C23H23FN2O3S. The Hall–Kier alpha value is -2.93. The standard InChI is InChI=1S/C23H23FN2O3S/c1-15-13-21(30-22(15)20(27)10-9-19-8-3-16(2)29-19)26-12-11-25(23(26)28)14-17-4-6-18(24)7-5-17/h3-8,13H,9-12,14H2,1-2H3. The van der Waals surface area contributed by atoms with Crippen molar-refractivity contribution < 1.29 is 18.4 Å². The van der Waals surface area contributed by atoms with E-state index in [4.69, 9.17) is 4.42 Å². The number of thiophene rings is 1. The first-order chi connectivity index (χ1) is 14.4. The fraction of sp³-hybridized carbons (Fsp3) is 0.304. The number of urea groups is 1. The minimum Gasteiger partial charge on any atom is -0.466 e. The number of carbonyl (C=O) groups excluding carboxylic acids is 2. The number of halogens is 1. The number of hydrogen-bond acceptors (Lipinski definition) is 4. The van der Waals surface area contributed by atoms with Crippen LogP contribution in [-0.2, 0) is 13.0 Å². The molecule has 7 heteroatoms. The number of benzene rings is 1. The maximum atomic E-state index is 13.1. The second-order valence-corrected chi connectivity index (χ2v) is 8.55. The number of rotatable bonds is 7. The van der Waals surface area contributed by atoms with E-state index in [1.165, 1.54) is 23.5 Å². The first-order valence-corrected chi connectivity index (χ1v) is 10.7. The summed E-state index contributed by atoms with van der Waals surface area (Å²) in [5, 5.41) is 0.788. The van der Waals surface area contributed by atoms with Gasteiger partial charge >= 0.3 is 6.03 Å². The summed E-state index contributed by atoms with van der Waals surface area (Å²) in [4.78, 5) is 29.7. The molecule has 0 saturated carbocycles. The number of carbonyl (C=O) groups is 2. The molecule has 3 aromatic rings. The summed E-state index contributed by atoms with van der Waals surface area (Å²) < 4.78 is 18.6. The minimum absolute atomic E-state index is 0.0626. The summed E-state index contributed by atoms with van der Waals surface area (Å²) in [7, 11) is 0. The summed E-state index contributed by atoms with van der Waals surface area (Å²) in [6.07, 6.45) is 0.936. The molecule has 2 aromatic heterocycles. The van der Waals surface area contributed by atoms with Gasteiger partial charge in [-0.15, -0.1) is 11.3 Å². The molecule has 1 aromatic carbocycles. The summed E-state index contributed by atoms with van der Waals surface area (Å²) in [6.45, 7) is 5.39. The molecular weight excluding hydrogens is 403 g/mol. The molecule has 1 saturated heterocycles. The number of anilines is 1. The van der Waals surface area contributed by atoms with Crippen molar-refractivity contribution in [2.45, 2.75) is 33.2 Å². The molecule has 0 N–H and O–H groups in total. The van der Waals surface area contributed by atoms with E-state index in [-0.39, 0.29) is 17.6 Å². The van der Waals surface area contributed by atoms with Gasteiger partial charge in [-0.3, -0.25) is 9.69 Å². The van der Waals surface area contributed by atoms with Crippen LogP contribution < -0.4 is 4.90 Å². The molecule has 2 amide bonds. The average molecular weight is 427 g/mol. The van der Waals surface area contributed by atoms with Crippen molar-refractivity contribution >= 4 is 28.2 Å². The molecule has 0 atom stereocenters. The number of Topliss-reactive ketones (excluding diaryl/α,β-unsaturated/α-hetero) is 1. The zero-order chi connectivity index (χ0) is 21.3. The molecule has 5 nitrogen and oxygen atoms in total. The lowest BCUT2D eigenvalue weighted by atomic mass is 10.1. The maximum Gasteiger partial charge on any atom is 0.325 e. The van der Waals surface area contributed by atoms with Crippen LogP contribution in [0.15, 0.2) is 46.9 Å². The molecule has 0 radical (unpaired) electrons. The van der Waals surface area contributed by atoms with E-state index in [9.17, 15) is 14.0 Å². The highest BCUT2D eigenvalue weighted by Crippen LogP contribution is 2.33. The molecule has 0 spiro atoms. The third-order valence-electron chi connectivity index (χ3n) is 5.20. The van der Waals surface area contributed by atoms with Gasteiger partial charge in [0.15, 0.2) is 5.78 Å². The molecule has 0 unspecified atom stereocenters. The Kier molecular flexibility index (Phi) is 5.72. The first kappa shape index (κ1) is 20.3. The van der Waals surface area contributed by atoms with Crippen molar-refractivity contribution in [3.63, 3.8) is 0 Å². The van der Waals surface area contributed by atoms with Gasteiger partial charge in [-0.2, -0.15) is 0 Å². The molecule has 156 valence electrons. The van der Waals surface area contributed by atoms with Crippen LogP contribution in [0.1, 0.15) is 38.7 Å². The molecule has 1 aliphatic rings. The Balaban J connectivity index is 1.41. The van der Waals surface area contributed by atoms with Crippen LogP contribution in [0.4, 0.5) is 14.2 Å². The maximum absolute atomic E-state index is 13.1. The fourth-order valence-corrected chi connectivity index (χ4v) is 4.75. The van der Waals surface area contributed by atoms with Gasteiger partial charge in [0.25, 0.3) is 0 Å². The van der Waals surface area contributed by atoms with E-state index < -0.39 is 0 Å². The molecule has 0 aliphatic carbocycles. The second kappa shape index (κ2) is 8.44. The highest BCUT2D eigenvalue weighted by Gasteiger charge is 2.31. The van der Waals surface area contributed by atoms with E-state index in [0.717, 1.165) is 27.6 Å². The lowest BCUT2D eigenvalue weighted by Crippen LogP contribution is -2.30. The quantitative estimate of drug-likeness (QED) is 0.478. The van der Waals surface area contributed by atoms with Crippen LogP contribution in [-0.4, -0.2) is 29.8 Å². The minimum atomic E-state index is -0.290. The number of aryl methyl sites for hydroxylation is 3. The normalized spacial score (nSPS) is 14.0. The molecule has 4 rings (SSSR count). The number of amides is 2. The van der Waals surface area contributed by atoms with Crippen molar-refractivity contribution in [1.82, 2.24) is 4.90 Å². The molecule has 30 heavy (non-hydrogen) atoms. The van der Waals surface area contributed by atoms with Crippen molar-refractivity contribution in [3.05, 3.63) is 75.8 Å². The van der Waals surface area contributed by atoms with Gasteiger partial charge in [-0.1, -0.05) is 12.1 Å². The van der Waals surface area contributed by atoms with Gasteiger partial charge in [-0.05, 0) is 55.3 Å². The number of hydrogen-bond donors (Lipinski definition) is 0. The zero-order valence-electron chi connectivity index (χ0n) is 17.0. The van der Waals surface area contributed by atoms with E-state index in [1.54, 1.807) is 21.9 Å². The van der Waals surface area contributed by atoms with Crippen molar-refractivity contribution in [3.8, 4) is 0 Å². The van der Waals surface area contributed by atoms with Gasteiger partial charge in [0.2, 0.25) is 0 Å². The smallest absolute Gasteiger partial charge is 0.325 e. The highest BCUT2D eigenvalue weighted by molar-refractivity contribution is 7.18. The van der Waals surface area contributed by atoms with Gasteiger partial charge in [0, 0.05) is 32.5 Å². The highest BCUT2D eigenvalue weighted by atomic mass is 32.1. The topological polar surface area (TPSA) is 53.8 Å².